The van der Waals surface area contributed by atoms with E-state index in [4.69, 9.17) is 4.74 Å². The van der Waals surface area contributed by atoms with Crippen LogP contribution in [-0.4, -0.2) is 32.9 Å². The molecule has 0 aliphatic rings. The summed E-state index contributed by atoms with van der Waals surface area (Å²) < 4.78 is 4.98. The number of nitrogens with one attached hydrogen (secondary N) is 1. The van der Waals surface area contributed by atoms with Gasteiger partial charge in [0.25, 0.3) is 5.91 Å². The van der Waals surface area contributed by atoms with Gasteiger partial charge < -0.3 is 10.1 Å². The second-order valence-electron chi connectivity index (χ2n) is 7.29. The van der Waals surface area contributed by atoms with Gasteiger partial charge in [0.15, 0.2) is 5.75 Å². The quantitative estimate of drug-likeness (QED) is 0.313. The van der Waals surface area contributed by atoms with Crippen molar-refractivity contribution in [1.29, 1.82) is 0 Å². The zero-order valence-electron chi connectivity index (χ0n) is 17.4. The zero-order chi connectivity index (χ0) is 22.9. The summed E-state index contributed by atoms with van der Waals surface area (Å²) in [4.78, 5) is 24.9. The van der Waals surface area contributed by atoms with E-state index < -0.39 is 10.8 Å². The Morgan fingerprint density at radius 3 is 2.58 bits per heavy atom. The van der Waals surface area contributed by atoms with Gasteiger partial charge in [-0.1, -0.05) is 36.4 Å². The molecule has 0 fully saturated rings. The molecule has 0 radical (unpaired) electrons. The van der Waals surface area contributed by atoms with Gasteiger partial charge in [-0.05, 0) is 41.8 Å². The molecule has 5 rings (SSSR count). The molecule has 0 saturated heterocycles. The van der Waals surface area contributed by atoms with Crippen LogP contribution in [0.25, 0.3) is 27.5 Å². The lowest BCUT2D eigenvalue weighted by Gasteiger charge is -2.06. The second-order valence-corrected chi connectivity index (χ2v) is 7.29. The van der Waals surface area contributed by atoms with Crippen molar-refractivity contribution in [2.24, 2.45) is 0 Å². The first-order chi connectivity index (χ1) is 16.0. The molecule has 9 nitrogen and oxygen atoms in total. The molecular weight excluding hydrogens is 422 g/mol. The summed E-state index contributed by atoms with van der Waals surface area (Å²) in [6.45, 7) is 0. The summed E-state index contributed by atoms with van der Waals surface area (Å²) in [6, 6.07) is 23.1. The summed E-state index contributed by atoms with van der Waals surface area (Å²) in [6.07, 6.45) is 0. The van der Waals surface area contributed by atoms with E-state index in [1.54, 1.807) is 23.0 Å². The standard InChI is InChI=1S/C24H17N5O4/c1-33-23-12-9-16(13-22(23)29(31)32)24(30)25-17-10-11-19-20(14-17)27-28(26-19)21-8-4-6-15-5-2-3-7-18(15)21/h2-14H,1H3,(H,25,30). The maximum Gasteiger partial charge on any atom is 0.311 e. The first-order valence-electron chi connectivity index (χ1n) is 10.0. The number of hydrogen-bond acceptors (Lipinski definition) is 6. The summed E-state index contributed by atoms with van der Waals surface area (Å²) in [5, 5.41) is 25.2. The van der Waals surface area contributed by atoms with Crippen LogP contribution in [0.15, 0.2) is 78.9 Å². The molecule has 0 unspecified atom stereocenters. The number of benzene rings is 4. The smallest absolute Gasteiger partial charge is 0.311 e. The summed E-state index contributed by atoms with van der Waals surface area (Å²) in [5.41, 5.74) is 2.47. The topological polar surface area (TPSA) is 112 Å². The molecule has 1 aromatic heterocycles. The number of nitro benzene ring substituents is 1. The Morgan fingerprint density at radius 1 is 0.970 bits per heavy atom. The molecule has 0 aliphatic carbocycles. The Hall–Kier alpha value is -4.79. The molecule has 1 heterocycles. The van der Waals surface area contributed by atoms with Crippen LogP contribution in [0.1, 0.15) is 10.4 Å². The molecule has 9 heteroatoms. The number of ether oxygens (including phenoxy) is 1. The first kappa shape index (κ1) is 20.1. The second kappa shape index (κ2) is 8.04. The van der Waals surface area contributed by atoms with E-state index in [2.05, 4.69) is 15.5 Å². The van der Waals surface area contributed by atoms with Crippen LogP contribution in [0, 0.1) is 10.1 Å². The molecule has 0 bridgehead atoms. The molecule has 5 aromatic rings. The van der Waals surface area contributed by atoms with Crippen molar-refractivity contribution in [2.45, 2.75) is 0 Å². The van der Waals surface area contributed by atoms with E-state index in [0.717, 1.165) is 16.5 Å². The number of amides is 1. The molecule has 1 N–H and O–H groups in total. The van der Waals surface area contributed by atoms with Crippen LogP contribution in [0.5, 0.6) is 5.75 Å². The van der Waals surface area contributed by atoms with Crippen LogP contribution in [-0.2, 0) is 0 Å². The normalized spacial score (nSPS) is 10.9. The van der Waals surface area contributed by atoms with Crippen LogP contribution in [0.4, 0.5) is 11.4 Å². The number of carbonyl (C=O) groups is 1. The highest BCUT2D eigenvalue weighted by molar-refractivity contribution is 6.05. The molecule has 33 heavy (non-hydrogen) atoms. The van der Waals surface area contributed by atoms with Crippen molar-refractivity contribution in [3.05, 3.63) is 94.5 Å². The van der Waals surface area contributed by atoms with Crippen molar-refractivity contribution < 1.29 is 14.5 Å². The van der Waals surface area contributed by atoms with Crippen LogP contribution in [0.2, 0.25) is 0 Å². The molecule has 0 spiro atoms. The Balaban J connectivity index is 1.45. The van der Waals surface area contributed by atoms with Gasteiger partial charge in [-0.3, -0.25) is 14.9 Å². The van der Waals surface area contributed by atoms with Crippen LogP contribution >= 0.6 is 0 Å². The number of aromatic nitrogens is 3. The monoisotopic (exact) mass is 439 g/mol. The highest BCUT2D eigenvalue weighted by atomic mass is 16.6. The maximum absolute atomic E-state index is 12.7. The number of rotatable bonds is 5. The van der Waals surface area contributed by atoms with E-state index in [1.807, 2.05) is 42.5 Å². The highest BCUT2D eigenvalue weighted by Gasteiger charge is 2.18. The Labute approximate surface area is 187 Å². The largest absolute Gasteiger partial charge is 0.490 e. The van der Waals surface area contributed by atoms with Gasteiger partial charge in [-0.25, -0.2) is 0 Å². The van der Waals surface area contributed by atoms with Crippen molar-refractivity contribution in [3.8, 4) is 11.4 Å². The van der Waals surface area contributed by atoms with Crippen molar-refractivity contribution in [3.63, 3.8) is 0 Å². The fraction of sp³-hybridized carbons (Fsp3) is 0.0417. The number of carbonyl (C=O) groups excluding carboxylic acids is 1. The van der Waals surface area contributed by atoms with Gasteiger partial charge >= 0.3 is 5.69 Å². The lowest BCUT2D eigenvalue weighted by molar-refractivity contribution is -0.385. The fourth-order valence-electron chi connectivity index (χ4n) is 3.66. The van der Waals surface area contributed by atoms with E-state index in [1.165, 1.54) is 25.3 Å². The van der Waals surface area contributed by atoms with Gasteiger partial charge in [-0.2, -0.15) is 0 Å². The predicted molar refractivity (Wildman–Crippen MR) is 124 cm³/mol. The first-order valence-corrected chi connectivity index (χ1v) is 10.0. The van der Waals surface area contributed by atoms with Crippen molar-refractivity contribution in [1.82, 2.24) is 15.0 Å². The third-order valence-corrected chi connectivity index (χ3v) is 5.26. The lowest BCUT2D eigenvalue weighted by Crippen LogP contribution is -2.12. The SMILES string of the molecule is COc1ccc(C(=O)Nc2ccc3nn(-c4cccc5ccccc45)nc3c2)cc1[N+](=O)[O-]. The molecular formula is C24H17N5O4. The number of methoxy groups -OCH3 is 1. The Kier molecular flexibility index (Phi) is 4.91. The van der Waals surface area contributed by atoms with Crippen LogP contribution in [0.3, 0.4) is 0 Å². The number of fused-ring (bicyclic) bond motifs is 2. The average molecular weight is 439 g/mol. The van der Waals surface area contributed by atoms with E-state index in [9.17, 15) is 14.9 Å². The van der Waals surface area contributed by atoms with E-state index in [0.29, 0.717) is 16.7 Å². The fourth-order valence-corrected chi connectivity index (χ4v) is 3.66. The minimum absolute atomic E-state index is 0.0861. The van der Waals surface area contributed by atoms with Crippen LogP contribution < -0.4 is 10.1 Å². The summed E-state index contributed by atoms with van der Waals surface area (Å²) in [5.74, 6) is -0.399. The maximum atomic E-state index is 12.7. The number of nitro groups is 1. The third kappa shape index (κ3) is 3.72. The summed E-state index contributed by atoms with van der Waals surface area (Å²) in [7, 11) is 1.34. The number of hydrogen-bond donors (Lipinski definition) is 1. The minimum Gasteiger partial charge on any atom is -0.490 e. The lowest BCUT2D eigenvalue weighted by atomic mass is 10.1. The summed E-state index contributed by atoms with van der Waals surface area (Å²) >= 11 is 0. The molecule has 0 atom stereocenters. The molecule has 162 valence electrons. The van der Waals surface area contributed by atoms with E-state index >= 15 is 0 Å². The number of nitrogens with zero attached hydrogens (tertiary/aromatic N) is 4. The van der Waals surface area contributed by atoms with Gasteiger partial charge in [0.05, 0.1) is 17.7 Å². The van der Waals surface area contributed by atoms with Gasteiger partial charge in [0.1, 0.15) is 11.0 Å². The Morgan fingerprint density at radius 2 is 1.76 bits per heavy atom. The molecule has 0 saturated carbocycles. The Bertz CT molecular complexity index is 1540. The highest BCUT2D eigenvalue weighted by Crippen LogP contribution is 2.28. The molecule has 4 aromatic carbocycles. The van der Waals surface area contributed by atoms with E-state index in [-0.39, 0.29) is 17.0 Å². The molecule has 1 amide bonds. The average Bonchev–Trinajstić information content (AvgIpc) is 3.26. The molecule has 0 aliphatic heterocycles. The predicted octanol–water partition coefficient (Wildman–Crippen LogP) is 4.74. The van der Waals surface area contributed by atoms with Gasteiger partial charge in [-0.15, -0.1) is 15.0 Å². The van der Waals surface area contributed by atoms with Gasteiger partial charge in [0.2, 0.25) is 0 Å². The zero-order valence-corrected chi connectivity index (χ0v) is 17.4. The van der Waals surface area contributed by atoms with Crippen molar-refractivity contribution >= 4 is 39.1 Å². The number of anilines is 1. The van der Waals surface area contributed by atoms with Gasteiger partial charge in [0, 0.05) is 22.7 Å². The minimum atomic E-state index is -0.590. The van der Waals surface area contributed by atoms with Crippen molar-refractivity contribution in [2.75, 3.05) is 12.4 Å². The third-order valence-electron chi connectivity index (χ3n) is 5.26.